The van der Waals surface area contributed by atoms with Gasteiger partial charge in [-0.15, -0.1) is 11.3 Å². The van der Waals surface area contributed by atoms with Crippen LogP contribution in [0.5, 0.6) is 0 Å². The maximum absolute atomic E-state index is 11.2. The molecule has 0 atom stereocenters. The molecule has 0 unspecified atom stereocenters. The molecule has 0 amide bonds. The Balaban J connectivity index is 1.85. The second-order valence-corrected chi connectivity index (χ2v) is 7.32. The highest BCUT2D eigenvalue weighted by Gasteiger charge is 2.14. The van der Waals surface area contributed by atoms with E-state index in [0.29, 0.717) is 12.0 Å². The highest BCUT2D eigenvalue weighted by Crippen LogP contribution is 2.33. The minimum absolute atomic E-state index is 0.0153. The number of aliphatic carboxylic acids is 1. The van der Waals surface area contributed by atoms with Gasteiger partial charge in [0, 0.05) is 38.8 Å². The number of carboxylic acid groups (broad SMARTS) is 1. The molecule has 4 rings (SSSR count). The fourth-order valence-corrected chi connectivity index (χ4v) is 4.56. The Morgan fingerprint density at radius 3 is 2.88 bits per heavy atom. The molecule has 2 heterocycles. The van der Waals surface area contributed by atoms with Crippen molar-refractivity contribution in [2.75, 3.05) is 0 Å². The van der Waals surface area contributed by atoms with E-state index in [1.165, 1.54) is 0 Å². The van der Waals surface area contributed by atoms with Crippen LogP contribution in [0.1, 0.15) is 11.1 Å². The molecule has 122 valence electrons. The molecule has 0 spiro atoms. The summed E-state index contributed by atoms with van der Waals surface area (Å²) >= 11 is 8.04. The summed E-state index contributed by atoms with van der Waals surface area (Å²) in [5.74, 6) is -0.847. The van der Waals surface area contributed by atoms with Crippen LogP contribution < -0.4 is 5.46 Å². The number of benzene rings is 2. The maximum Gasteiger partial charge on any atom is 0.307 e. The molecule has 0 aliphatic rings. The number of fused-ring (bicyclic) bond motifs is 2. The van der Waals surface area contributed by atoms with Gasteiger partial charge >= 0.3 is 5.97 Å². The Bertz CT molecular complexity index is 1120. The summed E-state index contributed by atoms with van der Waals surface area (Å²) in [5, 5.41) is 14.0. The van der Waals surface area contributed by atoms with E-state index in [-0.39, 0.29) is 6.42 Å². The summed E-state index contributed by atoms with van der Waals surface area (Å²) in [6, 6.07) is 11.5. The van der Waals surface area contributed by atoms with E-state index in [9.17, 15) is 9.90 Å². The third-order valence-corrected chi connectivity index (χ3v) is 5.61. The molecular formula is C19H13BClNO2S. The number of rotatable bonds is 4. The van der Waals surface area contributed by atoms with Gasteiger partial charge in [-0.2, -0.15) is 0 Å². The van der Waals surface area contributed by atoms with Crippen molar-refractivity contribution < 1.29 is 9.90 Å². The molecule has 4 aromatic rings. The molecule has 2 aromatic heterocycles. The van der Waals surface area contributed by atoms with Crippen LogP contribution in [0.3, 0.4) is 0 Å². The first kappa shape index (κ1) is 16.2. The Hall–Kier alpha value is -2.24. The first-order valence-corrected chi connectivity index (χ1v) is 9.02. The Kier molecular flexibility index (Phi) is 4.06. The molecule has 2 aromatic carbocycles. The highest BCUT2D eigenvalue weighted by molar-refractivity contribution is 7.17. The van der Waals surface area contributed by atoms with Gasteiger partial charge in [-0.25, -0.2) is 0 Å². The first-order valence-electron chi connectivity index (χ1n) is 7.76. The fourth-order valence-electron chi connectivity index (χ4n) is 3.23. The van der Waals surface area contributed by atoms with Crippen molar-refractivity contribution in [1.29, 1.82) is 0 Å². The van der Waals surface area contributed by atoms with Gasteiger partial charge < -0.3 is 9.67 Å². The van der Waals surface area contributed by atoms with E-state index >= 15 is 0 Å². The SMILES string of the molecule is [B]c1ccc2c(CC(=O)O)cn(Cc3csc4cccc(Cl)c34)c2c1. The third kappa shape index (κ3) is 2.94. The minimum atomic E-state index is -0.847. The van der Waals surface area contributed by atoms with Crippen LogP contribution in [0.2, 0.25) is 5.02 Å². The summed E-state index contributed by atoms with van der Waals surface area (Å²) in [6.45, 7) is 0.614. The zero-order valence-corrected chi connectivity index (χ0v) is 14.8. The molecule has 0 aliphatic heterocycles. The molecule has 0 fully saturated rings. The van der Waals surface area contributed by atoms with E-state index in [2.05, 4.69) is 16.0 Å². The number of carboxylic acids is 1. The molecule has 0 saturated carbocycles. The van der Waals surface area contributed by atoms with Crippen molar-refractivity contribution in [1.82, 2.24) is 4.57 Å². The third-order valence-electron chi connectivity index (χ3n) is 4.30. The maximum atomic E-state index is 11.2. The normalized spacial score (nSPS) is 11.4. The number of thiophene rings is 1. The lowest BCUT2D eigenvalue weighted by atomic mass is 9.94. The molecule has 25 heavy (non-hydrogen) atoms. The van der Waals surface area contributed by atoms with Crippen molar-refractivity contribution in [3.05, 3.63) is 64.1 Å². The molecule has 2 radical (unpaired) electrons. The number of aromatic nitrogens is 1. The second kappa shape index (κ2) is 6.25. The highest BCUT2D eigenvalue weighted by atomic mass is 35.5. The topological polar surface area (TPSA) is 42.2 Å². The van der Waals surface area contributed by atoms with E-state index in [0.717, 1.165) is 37.1 Å². The van der Waals surface area contributed by atoms with Gasteiger partial charge in [0.1, 0.15) is 7.85 Å². The van der Waals surface area contributed by atoms with Crippen LogP contribution in [-0.2, 0) is 17.8 Å². The van der Waals surface area contributed by atoms with E-state index in [4.69, 9.17) is 19.4 Å². The lowest BCUT2D eigenvalue weighted by Gasteiger charge is -2.06. The number of carbonyl (C=O) groups is 1. The van der Waals surface area contributed by atoms with Gasteiger partial charge in [0.25, 0.3) is 0 Å². The fraction of sp³-hybridized carbons (Fsp3) is 0.105. The molecular weight excluding hydrogens is 353 g/mol. The first-order chi connectivity index (χ1) is 12.0. The van der Waals surface area contributed by atoms with Crippen molar-refractivity contribution >= 4 is 63.2 Å². The van der Waals surface area contributed by atoms with Gasteiger partial charge in [0.05, 0.1) is 6.42 Å². The summed E-state index contributed by atoms with van der Waals surface area (Å²) < 4.78 is 3.19. The Morgan fingerprint density at radius 1 is 1.24 bits per heavy atom. The Morgan fingerprint density at radius 2 is 2.08 bits per heavy atom. The zero-order chi connectivity index (χ0) is 17.6. The van der Waals surface area contributed by atoms with Crippen molar-refractivity contribution in [2.24, 2.45) is 0 Å². The van der Waals surface area contributed by atoms with E-state index < -0.39 is 5.97 Å². The van der Waals surface area contributed by atoms with Crippen LogP contribution in [0.4, 0.5) is 0 Å². The molecule has 1 N–H and O–H groups in total. The summed E-state index contributed by atoms with van der Waals surface area (Å²) in [5.41, 5.74) is 3.49. The van der Waals surface area contributed by atoms with Crippen molar-refractivity contribution in [3.8, 4) is 0 Å². The molecule has 0 aliphatic carbocycles. The number of hydrogen-bond donors (Lipinski definition) is 1. The van der Waals surface area contributed by atoms with Crippen LogP contribution in [0, 0.1) is 0 Å². The van der Waals surface area contributed by atoms with E-state index in [1.807, 2.05) is 30.5 Å². The monoisotopic (exact) mass is 365 g/mol. The van der Waals surface area contributed by atoms with Gasteiger partial charge in [0.2, 0.25) is 0 Å². The van der Waals surface area contributed by atoms with Crippen LogP contribution in [0.25, 0.3) is 21.0 Å². The summed E-state index contributed by atoms with van der Waals surface area (Å²) in [6.07, 6.45) is 1.89. The van der Waals surface area contributed by atoms with Crippen molar-refractivity contribution in [2.45, 2.75) is 13.0 Å². The largest absolute Gasteiger partial charge is 0.481 e. The second-order valence-electron chi connectivity index (χ2n) is 6.00. The number of nitrogens with zero attached hydrogens (tertiary/aromatic N) is 1. The van der Waals surface area contributed by atoms with Gasteiger partial charge in [-0.3, -0.25) is 4.79 Å². The lowest BCUT2D eigenvalue weighted by Crippen LogP contribution is -2.03. The summed E-state index contributed by atoms with van der Waals surface area (Å²) in [4.78, 5) is 11.2. The Labute approximate surface area is 154 Å². The standard InChI is InChI=1S/C19H13BClNO2S/c20-13-4-5-14-11(6-18(23)24)8-22(16(14)7-13)9-12-10-25-17-3-1-2-15(21)19(12)17/h1-5,7-8,10H,6,9H2,(H,23,24). The average molecular weight is 366 g/mol. The van der Waals surface area contributed by atoms with Gasteiger partial charge in [0.15, 0.2) is 0 Å². The molecule has 0 bridgehead atoms. The zero-order valence-electron chi connectivity index (χ0n) is 13.2. The van der Waals surface area contributed by atoms with Gasteiger partial charge in [-0.05, 0) is 34.7 Å². The smallest absolute Gasteiger partial charge is 0.307 e. The molecule has 6 heteroatoms. The van der Waals surface area contributed by atoms with Gasteiger partial charge in [-0.1, -0.05) is 35.3 Å². The van der Waals surface area contributed by atoms with Crippen LogP contribution in [-0.4, -0.2) is 23.5 Å². The van der Waals surface area contributed by atoms with E-state index in [1.54, 1.807) is 17.4 Å². The summed E-state index contributed by atoms with van der Waals surface area (Å²) in [7, 11) is 5.94. The van der Waals surface area contributed by atoms with Crippen molar-refractivity contribution in [3.63, 3.8) is 0 Å². The van der Waals surface area contributed by atoms with Crippen LogP contribution >= 0.6 is 22.9 Å². The number of halogens is 1. The number of hydrogen-bond acceptors (Lipinski definition) is 2. The predicted octanol–water partition coefficient (Wildman–Crippen LogP) is 3.98. The average Bonchev–Trinajstić information content (AvgIpc) is 3.11. The van der Waals surface area contributed by atoms with Crippen LogP contribution in [0.15, 0.2) is 48.0 Å². The molecule has 0 saturated heterocycles. The molecule has 3 nitrogen and oxygen atoms in total. The lowest BCUT2D eigenvalue weighted by molar-refractivity contribution is -0.136. The quantitative estimate of drug-likeness (QED) is 0.556. The minimum Gasteiger partial charge on any atom is -0.481 e. The predicted molar refractivity (Wildman–Crippen MR) is 105 cm³/mol.